The van der Waals surface area contributed by atoms with Gasteiger partial charge in [-0.05, 0) is 47.0 Å². The molecule has 0 spiro atoms. The van der Waals surface area contributed by atoms with Crippen molar-refractivity contribution in [3.63, 3.8) is 0 Å². The van der Waals surface area contributed by atoms with E-state index >= 15 is 0 Å². The largest absolute Gasteiger partial charge is 0.439 e. The number of hydrogen-bond donors (Lipinski definition) is 0. The van der Waals surface area contributed by atoms with E-state index in [9.17, 15) is 0 Å². The van der Waals surface area contributed by atoms with Gasteiger partial charge in [-0.2, -0.15) is 0 Å². The molecule has 2 heterocycles. The van der Waals surface area contributed by atoms with Crippen LogP contribution in [0.1, 0.15) is 0 Å². The van der Waals surface area contributed by atoms with Crippen molar-refractivity contribution in [2.24, 2.45) is 7.05 Å². The molecule has 0 aliphatic rings. The van der Waals surface area contributed by atoms with Gasteiger partial charge >= 0.3 is 0 Å². The van der Waals surface area contributed by atoms with Gasteiger partial charge in [0.1, 0.15) is 12.8 Å². The molecule has 0 atom stereocenters. The molecule has 0 aliphatic carbocycles. The average molecular weight is 416 g/mol. The Morgan fingerprint density at radius 3 is 1.97 bits per heavy atom. The quantitative estimate of drug-likeness (QED) is 0.299. The summed E-state index contributed by atoms with van der Waals surface area (Å²) in [6, 6.07) is 37.2. The van der Waals surface area contributed by atoms with Crippen LogP contribution in [0.15, 0.2) is 122 Å². The molecule has 0 fully saturated rings. The molecule has 3 heteroatoms. The van der Waals surface area contributed by atoms with Gasteiger partial charge in [-0.15, -0.1) is 0 Å². The molecule has 5 aromatic rings. The molecule has 0 bridgehead atoms. The Bertz CT molecular complexity index is 1330. The maximum Gasteiger partial charge on any atom is 0.219 e. The molecule has 0 N–H and O–H groups in total. The zero-order valence-electron chi connectivity index (χ0n) is 17.8. The van der Waals surface area contributed by atoms with Gasteiger partial charge in [0, 0.05) is 29.5 Å². The predicted molar refractivity (Wildman–Crippen MR) is 128 cm³/mol. The van der Waals surface area contributed by atoms with Crippen molar-refractivity contribution < 1.29 is 9.30 Å². The first-order valence-corrected chi connectivity index (χ1v) is 10.6. The summed E-state index contributed by atoms with van der Waals surface area (Å²) in [6.07, 6.45) is 3.89. The fourth-order valence-electron chi connectivity index (χ4n) is 3.81. The van der Waals surface area contributed by atoms with E-state index in [0.29, 0.717) is 5.88 Å². The summed E-state index contributed by atoms with van der Waals surface area (Å²) in [5.41, 5.74) is 7.02. The fourth-order valence-corrected chi connectivity index (χ4v) is 3.81. The van der Waals surface area contributed by atoms with E-state index in [-0.39, 0.29) is 0 Å². The molecule has 0 unspecified atom stereocenters. The van der Waals surface area contributed by atoms with Crippen molar-refractivity contribution in [2.45, 2.75) is 0 Å². The zero-order valence-corrected chi connectivity index (χ0v) is 17.8. The first-order valence-electron chi connectivity index (χ1n) is 10.6. The highest BCUT2D eigenvalue weighted by Crippen LogP contribution is 2.27. The maximum absolute atomic E-state index is 5.90. The number of aryl methyl sites for hydroxylation is 1. The minimum absolute atomic E-state index is 0.586. The minimum atomic E-state index is 0.586. The van der Waals surface area contributed by atoms with Crippen molar-refractivity contribution in [1.29, 1.82) is 0 Å². The van der Waals surface area contributed by atoms with Crippen molar-refractivity contribution >= 4 is 0 Å². The maximum atomic E-state index is 5.90. The summed E-state index contributed by atoms with van der Waals surface area (Å²) in [6.45, 7) is 0. The lowest BCUT2D eigenvalue weighted by molar-refractivity contribution is -0.659. The first kappa shape index (κ1) is 19.7. The highest BCUT2D eigenvalue weighted by Gasteiger charge is 2.13. The third-order valence-corrected chi connectivity index (χ3v) is 5.45. The minimum Gasteiger partial charge on any atom is -0.439 e. The summed E-state index contributed by atoms with van der Waals surface area (Å²) in [5, 5.41) is 0. The molecular weight excluding hydrogens is 392 g/mol. The van der Waals surface area contributed by atoms with Gasteiger partial charge in [0.25, 0.3) is 0 Å². The van der Waals surface area contributed by atoms with Gasteiger partial charge in [-0.1, -0.05) is 66.7 Å². The SMILES string of the molecule is C[n+]1cc(-c2ccc(-c3ccccc3)cc2)ccc1-c1cccc(Oc2ccccn2)c1. The third-order valence-electron chi connectivity index (χ3n) is 5.45. The molecule has 3 aromatic carbocycles. The van der Waals surface area contributed by atoms with E-state index < -0.39 is 0 Å². The number of aromatic nitrogens is 2. The van der Waals surface area contributed by atoms with Crippen LogP contribution in [0.5, 0.6) is 11.6 Å². The van der Waals surface area contributed by atoms with Crippen LogP contribution in [0.4, 0.5) is 0 Å². The van der Waals surface area contributed by atoms with Crippen molar-refractivity contribution in [2.75, 3.05) is 0 Å². The van der Waals surface area contributed by atoms with E-state index in [0.717, 1.165) is 17.0 Å². The van der Waals surface area contributed by atoms with Gasteiger partial charge in [-0.3, -0.25) is 0 Å². The fraction of sp³-hybridized carbons (Fsp3) is 0.0345. The molecule has 0 amide bonds. The first-order chi connectivity index (χ1) is 15.8. The van der Waals surface area contributed by atoms with Gasteiger partial charge in [0.2, 0.25) is 11.6 Å². The zero-order chi connectivity index (χ0) is 21.8. The molecule has 0 radical (unpaired) electrons. The molecule has 0 saturated carbocycles. The normalized spacial score (nSPS) is 10.7. The Balaban J connectivity index is 1.39. The summed E-state index contributed by atoms with van der Waals surface area (Å²) >= 11 is 0. The standard InChI is InChI=1S/C29H23N2O/c1-31-21-26(24-15-13-23(14-16-24)22-8-3-2-4-9-22)17-18-28(31)25-10-7-11-27(20-25)32-29-12-5-6-19-30-29/h2-21H,1H3/q+1. The van der Waals surface area contributed by atoms with E-state index in [4.69, 9.17) is 4.74 Å². The molecule has 2 aromatic heterocycles. The van der Waals surface area contributed by atoms with Crippen LogP contribution in [-0.2, 0) is 7.05 Å². The van der Waals surface area contributed by atoms with Crippen LogP contribution < -0.4 is 9.30 Å². The van der Waals surface area contributed by atoms with Crippen LogP contribution in [0.3, 0.4) is 0 Å². The monoisotopic (exact) mass is 415 g/mol. The number of benzene rings is 3. The van der Waals surface area contributed by atoms with E-state index in [1.165, 1.54) is 22.3 Å². The van der Waals surface area contributed by atoms with E-state index in [2.05, 4.69) is 89.5 Å². The third kappa shape index (κ3) is 4.28. The summed E-state index contributed by atoms with van der Waals surface area (Å²) in [7, 11) is 2.07. The van der Waals surface area contributed by atoms with Crippen LogP contribution in [-0.4, -0.2) is 4.98 Å². The van der Waals surface area contributed by atoms with Gasteiger partial charge in [-0.25, -0.2) is 9.55 Å². The Hall–Kier alpha value is -4.24. The van der Waals surface area contributed by atoms with Crippen LogP contribution in [0.2, 0.25) is 0 Å². The van der Waals surface area contributed by atoms with Crippen LogP contribution in [0, 0.1) is 0 Å². The Kier molecular flexibility index (Phi) is 5.46. The molecule has 5 rings (SSSR count). The lowest BCUT2D eigenvalue weighted by atomic mass is 10.0. The lowest BCUT2D eigenvalue weighted by Gasteiger charge is -2.08. The second-order valence-electron chi connectivity index (χ2n) is 7.66. The molecular formula is C29H23N2O+. The van der Waals surface area contributed by atoms with E-state index in [1.807, 2.05) is 42.5 Å². The smallest absolute Gasteiger partial charge is 0.219 e. The molecule has 32 heavy (non-hydrogen) atoms. The summed E-state index contributed by atoms with van der Waals surface area (Å²) in [5.74, 6) is 1.35. The second-order valence-corrected chi connectivity index (χ2v) is 7.66. The van der Waals surface area contributed by atoms with Crippen molar-refractivity contribution in [1.82, 2.24) is 4.98 Å². The highest BCUT2D eigenvalue weighted by molar-refractivity contribution is 5.70. The predicted octanol–water partition coefficient (Wildman–Crippen LogP) is 6.70. The van der Waals surface area contributed by atoms with E-state index in [1.54, 1.807) is 6.20 Å². The number of pyridine rings is 2. The Morgan fingerprint density at radius 2 is 1.25 bits per heavy atom. The molecule has 0 saturated heterocycles. The van der Waals surface area contributed by atoms with Gasteiger partial charge in [0.15, 0.2) is 6.20 Å². The number of rotatable bonds is 5. The molecule has 3 nitrogen and oxygen atoms in total. The Morgan fingerprint density at radius 1 is 0.594 bits per heavy atom. The number of ether oxygens (including phenoxy) is 1. The molecule has 154 valence electrons. The average Bonchev–Trinajstić information content (AvgIpc) is 2.85. The van der Waals surface area contributed by atoms with Gasteiger partial charge in [0.05, 0.1) is 0 Å². The van der Waals surface area contributed by atoms with Crippen LogP contribution >= 0.6 is 0 Å². The molecule has 0 aliphatic heterocycles. The summed E-state index contributed by atoms with van der Waals surface area (Å²) < 4.78 is 8.05. The topological polar surface area (TPSA) is 26.0 Å². The van der Waals surface area contributed by atoms with Crippen LogP contribution in [0.25, 0.3) is 33.5 Å². The van der Waals surface area contributed by atoms with Crippen molar-refractivity contribution in [3.05, 3.63) is 122 Å². The number of nitrogens with zero attached hydrogens (tertiary/aromatic N) is 2. The van der Waals surface area contributed by atoms with Gasteiger partial charge < -0.3 is 4.74 Å². The number of hydrogen-bond acceptors (Lipinski definition) is 2. The van der Waals surface area contributed by atoms with Crippen molar-refractivity contribution in [3.8, 4) is 45.1 Å². The summed E-state index contributed by atoms with van der Waals surface area (Å²) in [4.78, 5) is 4.24. The highest BCUT2D eigenvalue weighted by atomic mass is 16.5. The Labute approximate surface area is 188 Å². The lowest BCUT2D eigenvalue weighted by Crippen LogP contribution is -2.30. The second kappa shape index (κ2) is 8.86.